The lowest BCUT2D eigenvalue weighted by Gasteiger charge is -2.24. The number of amides is 1. The smallest absolute Gasteiger partial charge is 0.223 e. The molecular formula is C15H18N4O. The zero-order chi connectivity index (χ0) is 13.9. The van der Waals surface area contributed by atoms with Gasteiger partial charge in [0, 0.05) is 37.5 Å². The zero-order valence-electron chi connectivity index (χ0n) is 11.5. The van der Waals surface area contributed by atoms with Gasteiger partial charge in [-0.25, -0.2) is 0 Å². The predicted molar refractivity (Wildman–Crippen MR) is 75.6 cm³/mol. The number of carbonyl (C=O) groups excluding carboxylic acids is 1. The van der Waals surface area contributed by atoms with E-state index < -0.39 is 0 Å². The molecule has 0 aliphatic heterocycles. The fourth-order valence-electron chi connectivity index (χ4n) is 2.38. The zero-order valence-corrected chi connectivity index (χ0v) is 11.5. The van der Waals surface area contributed by atoms with Gasteiger partial charge in [-0.05, 0) is 24.5 Å². The number of nitrogens with one attached hydrogen (secondary N) is 1. The molecule has 1 aliphatic carbocycles. The van der Waals surface area contributed by atoms with E-state index in [1.807, 2.05) is 25.4 Å². The summed E-state index contributed by atoms with van der Waals surface area (Å²) >= 11 is 0. The number of nitrogens with zero attached hydrogens (tertiary/aromatic N) is 3. The van der Waals surface area contributed by atoms with Gasteiger partial charge in [0.25, 0.3) is 0 Å². The van der Waals surface area contributed by atoms with E-state index in [9.17, 15) is 4.79 Å². The summed E-state index contributed by atoms with van der Waals surface area (Å²) in [4.78, 5) is 16.3. The Morgan fingerprint density at radius 2 is 2.35 bits per heavy atom. The number of hydrogen-bond donors (Lipinski definition) is 1. The average molecular weight is 270 g/mol. The monoisotopic (exact) mass is 270 g/mol. The van der Waals surface area contributed by atoms with Gasteiger partial charge in [0.15, 0.2) is 0 Å². The number of rotatable bonds is 4. The third-order valence-electron chi connectivity index (χ3n) is 3.80. The highest BCUT2D eigenvalue weighted by molar-refractivity contribution is 5.79. The minimum absolute atomic E-state index is 0.164. The number of pyridine rings is 1. The molecule has 2 heterocycles. The van der Waals surface area contributed by atoms with E-state index in [0.29, 0.717) is 6.54 Å². The van der Waals surface area contributed by atoms with Crippen molar-refractivity contribution >= 4 is 5.91 Å². The van der Waals surface area contributed by atoms with Crippen LogP contribution in [-0.2, 0) is 18.4 Å². The third kappa shape index (κ3) is 2.57. The number of aromatic nitrogens is 3. The molecule has 0 aromatic carbocycles. The van der Waals surface area contributed by atoms with Crippen molar-refractivity contribution in [1.29, 1.82) is 0 Å². The molecule has 104 valence electrons. The van der Waals surface area contributed by atoms with Gasteiger partial charge in [-0.1, -0.05) is 12.5 Å². The van der Waals surface area contributed by atoms with Crippen LogP contribution in [0.2, 0.25) is 0 Å². The molecule has 1 saturated carbocycles. The fraction of sp³-hybridized carbons (Fsp3) is 0.400. The first kappa shape index (κ1) is 12.8. The van der Waals surface area contributed by atoms with Gasteiger partial charge in [0.05, 0.1) is 11.9 Å². The lowest BCUT2D eigenvalue weighted by Crippen LogP contribution is -2.34. The Labute approximate surface area is 118 Å². The summed E-state index contributed by atoms with van der Waals surface area (Å²) in [5, 5.41) is 7.18. The molecule has 3 rings (SSSR count). The summed E-state index contributed by atoms with van der Waals surface area (Å²) in [6.07, 6.45) is 8.70. The molecule has 0 spiro atoms. The van der Waals surface area contributed by atoms with Crippen LogP contribution in [0.15, 0.2) is 30.7 Å². The Morgan fingerprint density at radius 1 is 1.50 bits per heavy atom. The topological polar surface area (TPSA) is 59.8 Å². The molecular weight excluding hydrogens is 252 g/mol. The van der Waals surface area contributed by atoms with Crippen LogP contribution in [0.1, 0.15) is 24.8 Å². The van der Waals surface area contributed by atoms with Crippen LogP contribution in [0.4, 0.5) is 0 Å². The van der Waals surface area contributed by atoms with E-state index in [1.54, 1.807) is 17.1 Å². The lowest BCUT2D eigenvalue weighted by molar-refractivity contribution is -0.127. The molecule has 0 bridgehead atoms. The molecule has 1 fully saturated rings. The van der Waals surface area contributed by atoms with Gasteiger partial charge < -0.3 is 5.32 Å². The summed E-state index contributed by atoms with van der Waals surface area (Å²) < 4.78 is 1.75. The molecule has 1 N–H and O–H groups in total. The summed E-state index contributed by atoms with van der Waals surface area (Å²) in [5.74, 6) is 0.380. The molecule has 0 saturated heterocycles. The van der Waals surface area contributed by atoms with Crippen molar-refractivity contribution in [2.45, 2.75) is 25.8 Å². The predicted octanol–water partition coefficient (Wildman–Crippen LogP) is 1.90. The van der Waals surface area contributed by atoms with Crippen molar-refractivity contribution in [1.82, 2.24) is 20.1 Å². The summed E-state index contributed by atoms with van der Waals surface area (Å²) in [5.41, 5.74) is 2.88. The number of hydrogen-bond acceptors (Lipinski definition) is 3. The second-order valence-corrected chi connectivity index (χ2v) is 5.26. The first-order chi connectivity index (χ1) is 9.74. The molecule has 5 nitrogen and oxygen atoms in total. The third-order valence-corrected chi connectivity index (χ3v) is 3.80. The summed E-state index contributed by atoms with van der Waals surface area (Å²) in [6, 6.07) is 3.89. The second kappa shape index (κ2) is 5.45. The van der Waals surface area contributed by atoms with Gasteiger partial charge in [0.1, 0.15) is 0 Å². The minimum atomic E-state index is 0.164. The van der Waals surface area contributed by atoms with Crippen LogP contribution in [0.5, 0.6) is 0 Å². The van der Waals surface area contributed by atoms with Crippen molar-refractivity contribution in [2.75, 3.05) is 0 Å². The largest absolute Gasteiger partial charge is 0.352 e. The first-order valence-electron chi connectivity index (χ1n) is 6.94. The Balaban J connectivity index is 1.74. The highest BCUT2D eigenvalue weighted by Gasteiger charge is 2.24. The van der Waals surface area contributed by atoms with Gasteiger partial charge in [-0.2, -0.15) is 5.10 Å². The SMILES string of the molecule is Cn1cc(-c2ncccc2CNC(=O)C2CCC2)cn1. The summed E-state index contributed by atoms with van der Waals surface area (Å²) in [7, 11) is 1.88. The van der Waals surface area contributed by atoms with Gasteiger partial charge in [0.2, 0.25) is 5.91 Å². The average Bonchev–Trinajstić information content (AvgIpc) is 2.81. The van der Waals surface area contributed by atoms with Crippen molar-refractivity contribution in [3.05, 3.63) is 36.3 Å². The van der Waals surface area contributed by atoms with E-state index in [-0.39, 0.29) is 11.8 Å². The van der Waals surface area contributed by atoms with Crippen LogP contribution < -0.4 is 5.32 Å². The summed E-state index contributed by atoms with van der Waals surface area (Å²) in [6.45, 7) is 0.521. The van der Waals surface area contributed by atoms with Crippen molar-refractivity contribution < 1.29 is 4.79 Å². The molecule has 0 unspecified atom stereocenters. The Morgan fingerprint density at radius 3 is 3.00 bits per heavy atom. The molecule has 1 aliphatic rings. The molecule has 0 radical (unpaired) electrons. The molecule has 1 amide bonds. The number of carbonyl (C=O) groups is 1. The molecule has 2 aromatic heterocycles. The van der Waals surface area contributed by atoms with Crippen LogP contribution in [0.25, 0.3) is 11.3 Å². The highest BCUT2D eigenvalue weighted by Crippen LogP contribution is 2.26. The Kier molecular flexibility index (Phi) is 3.50. The van der Waals surface area contributed by atoms with Crippen LogP contribution >= 0.6 is 0 Å². The van der Waals surface area contributed by atoms with Crippen LogP contribution in [-0.4, -0.2) is 20.7 Å². The van der Waals surface area contributed by atoms with Gasteiger partial charge in [-0.3, -0.25) is 14.5 Å². The van der Waals surface area contributed by atoms with Crippen molar-refractivity contribution in [2.24, 2.45) is 13.0 Å². The Hall–Kier alpha value is -2.17. The quantitative estimate of drug-likeness (QED) is 0.923. The molecule has 20 heavy (non-hydrogen) atoms. The van der Waals surface area contributed by atoms with Gasteiger partial charge >= 0.3 is 0 Å². The maximum absolute atomic E-state index is 11.9. The second-order valence-electron chi connectivity index (χ2n) is 5.26. The van der Waals surface area contributed by atoms with E-state index >= 15 is 0 Å². The normalized spacial score (nSPS) is 14.8. The lowest BCUT2D eigenvalue weighted by atomic mass is 9.85. The van der Waals surface area contributed by atoms with E-state index in [4.69, 9.17) is 0 Å². The molecule has 5 heteroatoms. The fourth-order valence-corrected chi connectivity index (χ4v) is 2.38. The Bertz CT molecular complexity index is 616. The minimum Gasteiger partial charge on any atom is -0.352 e. The van der Waals surface area contributed by atoms with Crippen molar-refractivity contribution in [3.63, 3.8) is 0 Å². The first-order valence-corrected chi connectivity index (χ1v) is 6.94. The van der Waals surface area contributed by atoms with Crippen LogP contribution in [0, 0.1) is 5.92 Å². The van der Waals surface area contributed by atoms with Gasteiger partial charge in [-0.15, -0.1) is 0 Å². The maximum atomic E-state index is 11.9. The highest BCUT2D eigenvalue weighted by atomic mass is 16.1. The van der Waals surface area contributed by atoms with E-state index in [2.05, 4.69) is 15.4 Å². The van der Waals surface area contributed by atoms with Crippen LogP contribution in [0.3, 0.4) is 0 Å². The van der Waals surface area contributed by atoms with E-state index in [1.165, 1.54) is 6.42 Å². The maximum Gasteiger partial charge on any atom is 0.223 e. The van der Waals surface area contributed by atoms with E-state index in [0.717, 1.165) is 29.7 Å². The van der Waals surface area contributed by atoms with Crippen molar-refractivity contribution in [3.8, 4) is 11.3 Å². The standard InChI is InChI=1S/C15H18N4O/c1-19-10-13(9-18-19)14-12(6-3-7-16-14)8-17-15(20)11-4-2-5-11/h3,6-7,9-11H,2,4-5,8H2,1H3,(H,17,20). The number of aryl methyl sites for hydroxylation is 1. The molecule has 0 atom stereocenters. The molecule has 2 aromatic rings.